The minimum absolute atomic E-state index is 0.00454. The second-order valence-corrected chi connectivity index (χ2v) is 6.13. The highest BCUT2D eigenvalue weighted by Gasteiger charge is 2.29. The zero-order valence-corrected chi connectivity index (χ0v) is 12.3. The number of morpholine rings is 1. The average Bonchev–Trinajstić information content (AvgIpc) is 2.86. The van der Waals surface area contributed by atoms with Gasteiger partial charge < -0.3 is 15.4 Å². The summed E-state index contributed by atoms with van der Waals surface area (Å²) in [4.78, 5) is 18.7. The summed E-state index contributed by atoms with van der Waals surface area (Å²) in [5.41, 5.74) is 6.05. The molecule has 0 saturated carbocycles. The molecule has 2 rings (SSSR count). The van der Waals surface area contributed by atoms with Crippen LogP contribution in [-0.2, 0) is 11.3 Å². The van der Waals surface area contributed by atoms with E-state index in [1.54, 1.807) is 5.38 Å². The van der Waals surface area contributed by atoms with Gasteiger partial charge in [0.1, 0.15) is 10.7 Å². The summed E-state index contributed by atoms with van der Waals surface area (Å²) in [6, 6.07) is 0.157. The van der Waals surface area contributed by atoms with Crippen molar-refractivity contribution < 1.29 is 9.53 Å². The maximum absolute atomic E-state index is 12.5. The highest BCUT2D eigenvalue weighted by molar-refractivity contribution is 7.09. The molecule has 0 aromatic carbocycles. The van der Waals surface area contributed by atoms with Gasteiger partial charge in [0.05, 0.1) is 19.3 Å². The fraction of sp³-hybridized carbons (Fsp3) is 0.692. The van der Waals surface area contributed by atoms with E-state index >= 15 is 0 Å². The summed E-state index contributed by atoms with van der Waals surface area (Å²) in [7, 11) is 0. The molecule has 2 heterocycles. The molecular formula is C13H21N3O2S. The van der Waals surface area contributed by atoms with E-state index in [1.165, 1.54) is 11.3 Å². The highest BCUT2D eigenvalue weighted by Crippen LogP contribution is 2.19. The molecule has 1 aliphatic heterocycles. The molecule has 19 heavy (non-hydrogen) atoms. The molecule has 1 atom stereocenters. The number of nitrogens with two attached hydrogens (primary N) is 1. The molecule has 1 unspecified atom stereocenters. The van der Waals surface area contributed by atoms with Crippen LogP contribution in [0.25, 0.3) is 0 Å². The predicted octanol–water partition coefficient (Wildman–Crippen LogP) is 1.49. The van der Waals surface area contributed by atoms with Crippen molar-refractivity contribution in [2.45, 2.75) is 32.9 Å². The van der Waals surface area contributed by atoms with Crippen molar-refractivity contribution in [1.29, 1.82) is 0 Å². The van der Waals surface area contributed by atoms with Crippen LogP contribution in [0, 0.1) is 5.92 Å². The smallest absolute Gasteiger partial charge is 0.273 e. The Bertz CT molecular complexity index is 433. The number of hydrogen-bond donors (Lipinski definition) is 1. The molecule has 0 radical (unpaired) electrons. The number of carbonyl (C=O) groups excluding carboxylic acids is 1. The predicted molar refractivity (Wildman–Crippen MR) is 75.1 cm³/mol. The number of hydrogen-bond acceptors (Lipinski definition) is 5. The molecule has 1 aromatic rings. The van der Waals surface area contributed by atoms with Crippen LogP contribution >= 0.6 is 11.3 Å². The number of ether oxygens (including phenoxy) is 1. The molecule has 1 amide bonds. The van der Waals surface area contributed by atoms with Gasteiger partial charge in [-0.05, 0) is 12.3 Å². The average molecular weight is 283 g/mol. The molecule has 6 heteroatoms. The largest absolute Gasteiger partial charge is 0.377 e. The van der Waals surface area contributed by atoms with Crippen molar-refractivity contribution in [3.05, 3.63) is 16.1 Å². The molecule has 2 N–H and O–H groups in total. The van der Waals surface area contributed by atoms with E-state index in [0.29, 0.717) is 37.9 Å². The second kappa shape index (κ2) is 6.45. The van der Waals surface area contributed by atoms with Crippen LogP contribution in [0.15, 0.2) is 5.38 Å². The third kappa shape index (κ3) is 3.52. The van der Waals surface area contributed by atoms with E-state index < -0.39 is 0 Å². The van der Waals surface area contributed by atoms with Crippen molar-refractivity contribution >= 4 is 17.2 Å². The summed E-state index contributed by atoms with van der Waals surface area (Å²) in [5.74, 6) is 0.543. The third-order valence-electron chi connectivity index (χ3n) is 3.18. The van der Waals surface area contributed by atoms with Crippen molar-refractivity contribution in [2.75, 3.05) is 19.8 Å². The van der Waals surface area contributed by atoms with Crippen LogP contribution in [-0.4, -0.2) is 41.6 Å². The minimum atomic E-state index is 0.00454. The van der Waals surface area contributed by atoms with Crippen LogP contribution < -0.4 is 5.73 Å². The van der Waals surface area contributed by atoms with Crippen LogP contribution in [0.2, 0.25) is 0 Å². The maximum Gasteiger partial charge on any atom is 0.273 e. The monoisotopic (exact) mass is 283 g/mol. The fourth-order valence-electron chi connectivity index (χ4n) is 2.31. The summed E-state index contributed by atoms with van der Waals surface area (Å²) in [6.07, 6.45) is 0.958. The lowest BCUT2D eigenvalue weighted by Gasteiger charge is -2.36. The van der Waals surface area contributed by atoms with E-state index in [4.69, 9.17) is 10.5 Å². The number of rotatable bonds is 4. The summed E-state index contributed by atoms with van der Waals surface area (Å²) in [5, 5.41) is 2.60. The highest BCUT2D eigenvalue weighted by atomic mass is 32.1. The first-order valence-electron chi connectivity index (χ1n) is 6.65. The van der Waals surface area contributed by atoms with Gasteiger partial charge in [-0.3, -0.25) is 4.79 Å². The van der Waals surface area contributed by atoms with Gasteiger partial charge in [0, 0.05) is 18.5 Å². The Hall–Kier alpha value is -0.980. The number of aromatic nitrogens is 1. The van der Waals surface area contributed by atoms with Gasteiger partial charge in [0.15, 0.2) is 0 Å². The first-order valence-corrected chi connectivity index (χ1v) is 7.53. The molecule has 1 saturated heterocycles. The molecule has 0 aliphatic carbocycles. The van der Waals surface area contributed by atoms with Crippen molar-refractivity contribution in [2.24, 2.45) is 11.7 Å². The van der Waals surface area contributed by atoms with Crippen LogP contribution in [0.5, 0.6) is 0 Å². The zero-order chi connectivity index (χ0) is 13.8. The van der Waals surface area contributed by atoms with Crippen molar-refractivity contribution in [1.82, 2.24) is 9.88 Å². The zero-order valence-electron chi connectivity index (χ0n) is 11.5. The standard InChI is InChI=1S/C13H21N3O2S/c1-9(2)5-10-7-18-4-3-16(10)13(17)11-8-19-12(6-14)15-11/h8-10H,3-7,14H2,1-2H3. The Labute approximate surface area is 117 Å². The Morgan fingerprint density at radius 1 is 1.68 bits per heavy atom. The lowest BCUT2D eigenvalue weighted by molar-refractivity contribution is -0.00772. The third-order valence-corrected chi connectivity index (χ3v) is 4.05. The molecule has 1 fully saturated rings. The van der Waals surface area contributed by atoms with E-state index in [-0.39, 0.29) is 11.9 Å². The van der Waals surface area contributed by atoms with Crippen LogP contribution in [0.4, 0.5) is 0 Å². The molecule has 0 bridgehead atoms. The van der Waals surface area contributed by atoms with Crippen molar-refractivity contribution in [3.8, 4) is 0 Å². The number of carbonyl (C=O) groups is 1. The summed E-state index contributed by atoms with van der Waals surface area (Å²) in [6.45, 7) is 6.58. The minimum Gasteiger partial charge on any atom is -0.377 e. The Morgan fingerprint density at radius 2 is 2.47 bits per heavy atom. The molecule has 5 nitrogen and oxygen atoms in total. The number of thiazole rings is 1. The lowest BCUT2D eigenvalue weighted by Crippen LogP contribution is -2.49. The van der Waals surface area contributed by atoms with Gasteiger partial charge in [-0.1, -0.05) is 13.8 Å². The SMILES string of the molecule is CC(C)CC1COCCN1C(=O)c1csc(CN)n1. The van der Waals surface area contributed by atoms with Gasteiger partial charge in [0.2, 0.25) is 0 Å². The van der Waals surface area contributed by atoms with Crippen LogP contribution in [0.1, 0.15) is 35.8 Å². The number of amides is 1. The lowest BCUT2D eigenvalue weighted by atomic mass is 10.0. The molecule has 1 aromatic heterocycles. The van der Waals surface area contributed by atoms with E-state index in [2.05, 4.69) is 18.8 Å². The first-order chi connectivity index (χ1) is 9.11. The second-order valence-electron chi connectivity index (χ2n) is 5.19. The van der Waals surface area contributed by atoms with Gasteiger partial charge in [0.25, 0.3) is 5.91 Å². The Kier molecular flexibility index (Phi) is 4.90. The maximum atomic E-state index is 12.5. The van der Waals surface area contributed by atoms with E-state index in [1.807, 2.05) is 4.90 Å². The molecule has 106 valence electrons. The summed E-state index contributed by atoms with van der Waals surface area (Å²) < 4.78 is 5.49. The van der Waals surface area contributed by atoms with Gasteiger partial charge in [-0.25, -0.2) is 4.98 Å². The Balaban J connectivity index is 2.10. The van der Waals surface area contributed by atoms with Gasteiger partial charge in [-0.2, -0.15) is 0 Å². The van der Waals surface area contributed by atoms with Crippen LogP contribution in [0.3, 0.4) is 0 Å². The van der Waals surface area contributed by atoms with Gasteiger partial charge >= 0.3 is 0 Å². The molecule has 0 spiro atoms. The first kappa shape index (κ1) is 14.4. The van der Waals surface area contributed by atoms with E-state index in [9.17, 15) is 4.79 Å². The topological polar surface area (TPSA) is 68.5 Å². The van der Waals surface area contributed by atoms with E-state index in [0.717, 1.165) is 11.4 Å². The summed E-state index contributed by atoms with van der Waals surface area (Å²) >= 11 is 1.44. The molecular weight excluding hydrogens is 262 g/mol. The van der Waals surface area contributed by atoms with Gasteiger partial charge in [-0.15, -0.1) is 11.3 Å². The number of nitrogens with zero attached hydrogens (tertiary/aromatic N) is 2. The van der Waals surface area contributed by atoms with Crippen molar-refractivity contribution in [3.63, 3.8) is 0 Å². The molecule has 1 aliphatic rings. The fourth-order valence-corrected chi connectivity index (χ4v) is 2.96. The normalized spacial score (nSPS) is 20.0. The Morgan fingerprint density at radius 3 is 3.11 bits per heavy atom. The quantitative estimate of drug-likeness (QED) is 0.909.